The minimum Gasteiger partial charge on any atom is -0.315 e. The SMILES string of the molecule is CC(=O)c1cccc(N2C(SCc3ccc(F)cc3Cl)=N[C@H]3CS(=O)(=O)C[C@H]32)c1. The average molecular weight is 453 g/mol. The highest BCUT2D eigenvalue weighted by atomic mass is 35.5. The van der Waals surface area contributed by atoms with Crippen molar-refractivity contribution in [2.75, 3.05) is 16.4 Å². The lowest BCUT2D eigenvalue weighted by Gasteiger charge is -2.27. The van der Waals surface area contributed by atoms with Crippen LogP contribution in [0.15, 0.2) is 47.5 Å². The Hall–Kier alpha value is -1.90. The molecule has 1 saturated heterocycles. The molecule has 2 heterocycles. The summed E-state index contributed by atoms with van der Waals surface area (Å²) in [6, 6.07) is 10.7. The number of thioether (sulfide) groups is 1. The third-order valence-electron chi connectivity index (χ3n) is 5.01. The number of hydrogen-bond acceptors (Lipinski definition) is 6. The van der Waals surface area contributed by atoms with Gasteiger partial charge in [-0.05, 0) is 36.8 Å². The van der Waals surface area contributed by atoms with Crippen molar-refractivity contribution in [1.82, 2.24) is 0 Å². The minimum absolute atomic E-state index is 0.0158. The van der Waals surface area contributed by atoms with Crippen LogP contribution in [0.5, 0.6) is 0 Å². The number of anilines is 1. The van der Waals surface area contributed by atoms with Crippen LogP contribution in [0.2, 0.25) is 5.02 Å². The molecule has 1 fully saturated rings. The lowest BCUT2D eigenvalue weighted by Crippen LogP contribution is -2.39. The van der Waals surface area contributed by atoms with Crippen LogP contribution in [0.4, 0.5) is 10.1 Å². The lowest BCUT2D eigenvalue weighted by atomic mass is 10.1. The van der Waals surface area contributed by atoms with Crippen molar-refractivity contribution < 1.29 is 17.6 Å². The van der Waals surface area contributed by atoms with E-state index < -0.39 is 15.7 Å². The maximum absolute atomic E-state index is 13.3. The highest BCUT2D eigenvalue weighted by Gasteiger charge is 2.47. The van der Waals surface area contributed by atoms with E-state index in [9.17, 15) is 17.6 Å². The molecular weight excluding hydrogens is 435 g/mol. The molecule has 5 nitrogen and oxygen atoms in total. The van der Waals surface area contributed by atoms with Gasteiger partial charge in [0.25, 0.3) is 0 Å². The Bertz CT molecular complexity index is 1120. The van der Waals surface area contributed by atoms with Crippen molar-refractivity contribution >= 4 is 49.8 Å². The van der Waals surface area contributed by atoms with E-state index in [1.54, 1.807) is 24.3 Å². The third kappa shape index (κ3) is 4.20. The van der Waals surface area contributed by atoms with Gasteiger partial charge in [-0.2, -0.15) is 0 Å². The van der Waals surface area contributed by atoms with E-state index in [2.05, 4.69) is 4.99 Å². The van der Waals surface area contributed by atoms with Gasteiger partial charge in [-0.3, -0.25) is 9.79 Å². The van der Waals surface area contributed by atoms with E-state index >= 15 is 0 Å². The maximum atomic E-state index is 13.3. The van der Waals surface area contributed by atoms with Crippen LogP contribution in [0.25, 0.3) is 0 Å². The fraction of sp³-hybridized carbons (Fsp3) is 0.300. The molecule has 2 aromatic rings. The molecule has 29 heavy (non-hydrogen) atoms. The number of benzene rings is 2. The monoisotopic (exact) mass is 452 g/mol. The number of ketones is 1. The van der Waals surface area contributed by atoms with Crippen LogP contribution in [0.1, 0.15) is 22.8 Å². The quantitative estimate of drug-likeness (QED) is 0.657. The fourth-order valence-corrected chi connectivity index (χ4v) is 6.87. The molecule has 9 heteroatoms. The number of nitrogens with zero attached hydrogens (tertiary/aromatic N) is 2. The molecule has 2 atom stereocenters. The Morgan fingerprint density at radius 1 is 1.28 bits per heavy atom. The van der Waals surface area contributed by atoms with Crippen LogP contribution in [0, 0.1) is 5.82 Å². The first-order valence-electron chi connectivity index (χ1n) is 8.99. The van der Waals surface area contributed by atoms with E-state index in [4.69, 9.17) is 11.6 Å². The highest BCUT2D eigenvalue weighted by molar-refractivity contribution is 8.13. The van der Waals surface area contributed by atoms with Gasteiger partial charge in [-0.15, -0.1) is 0 Å². The van der Waals surface area contributed by atoms with E-state index in [-0.39, 0.29) is 29.4 Å². The summed E-state index contributed by atoms with van der Waals surface area (Å²) in [5, 5.41) is 1.01. The van der Waals surface area contributed by atoms with Gasteiger partial charge in [0, 0.05) is 22.0 Å². The predicted molar refractivity (Wildman–Crippen MR) is 115 cm³/mol. The van der Waals surface area contributed by atoms with Gasteiger partial charge in [0.15, 0.2) is 20.8 Å². The van der Waals surface area contributed by atoms with Crippen molar-refractivity contribution in [2.24, 2.45) is 4.99 Å². The Morgan fingerprint density at radius 3 is 2.79 bits per heavy atom. The summed E-state index contributed by atoms with van der Waals surface area (Å²) in [5.41, 5.74) is 2.05. The summed E-state index contributed by atoms with van der Waals surface area (Å²) in [6.07, 6.45) is 0. The number of Topliss-reactive ketones (excluding diaryl/α,β-unsaturated/α-hetero) is 1. The van der Waals surface area contributed by atoms with E-state index in [0.717, 1.165) is 11.3 Å². The van der Waals surface area contributed by atoms with Crippen molar-refractivity contribution in [1.29, 1.82) is 0 Å². The average Bonchev–Trinajstić information content (AvgIpc) is 3.12. The molecule has 0 unspecified atom stereocenters. The predicted octanol–water partition coefficient (Wildman–Crippen LogP) is 3.96. The number of fused-ring (bicyclic) bond motifs is 1. The van der Waals surface area contributed by atoms with Crippen molar-refractivity contribution in [3.05, 3.63) is 64.4 Å². The van der Waals surface area contributed by atoms with Crippen LogP contribution in [-0.4, -0.2) is 43.0 Å². The number of halogens is 2. The number of amidine groups is 1. The van der Waals surface area contributed by atoms with Gasteiger partial charge in [0.2, 0.25) is 0 Å². The molecular formula is C20H18ClFN2O3S2. The summed E-state index contributed by atoms with van der Waals surface area (Å²) in [7, 11) is -3.16. The molecule has 0 amide bonds. The van der Waals surface area contributed by atoms with E-state index in [1.165, 1.54) is 30.8 Å². The summed E-state index contributed by atoms with van der Waals surface area (Å²) in [4.78, 5) is 18.4. The van der Waals surface area contributed by atoms with Gasteiger partial charge in [0.05, 0.1) is 23.6 Å². The third-order valence-corrected chi connectivity index (χ3v) is 8.08. The molecule has 4 rings (SSSR count). The molecule has 0 saturated carbocycles. The van der Waals surface area contributed by atoms with Crippen LogP contribution in [0.3, 0.4) is 0 Å². The summed E-state index contributed by atoms with van der Waals surface area (Å²) in [6.45, 7) is 1.49. The highest BCUT2D eigenvalue weighted by Crippen LogP contribution is 2.36. The Kier molecular flexibility index (Phi) is 5.44. The number of carbonyl (C=O) groups is 1. The minimum atomic E-state index is -3.16. The van der Waals surface area contributed by atoms with Crippen LogP contribution >= 0.6 is 23.4 Å². The Morgan fingerprint density at radius 2 is 2.07 bits per heavy atom. The first kappa shape index (κ1) is 20.4. The zero-order valence-corrected chi connectivity index (χ0v) is 17.9. The normalized spacial score (nSPS) is 22.4. The largest absolute Gasteiger partial charge is 0.315 e. The summed E-state index contributed by atoms with van der Waals surface area (Å²) >= 11 is 7.55. The lowest BCUT2D eigenvalue weighted by molar-refractivity contribution is 0.101. The molecule has 2 aliphatic rings. The molecule has 0 bridgehead atoms. The molecule has 152 valence electrons. The van der Waals surface area contributed by atoms with Crippen molar-refractivity contribution in [3.63, 3.8) is 0 Å². The first-order valence-corrected chi connectivity index (χ1v) is 12.2. The van der Waals surface area contributed by atoms with Crippen molar-refractivity contribution in [3.8, 4) is 0 Å². The molecule has 0 spiro atoms. The Balaban J connectivity index is 1.65. The number of sulfone groups is 1. The summed E-state index contributed by atoms with van der Waals surface area (Å²) < 4.78 is 37.6. The molecule has 0 aromatic heterocycles. The Labute approximate surface area is 177 Å². The van der Waals surface area contributed by atoms with Gasteiger partial charge < -0.3 is 4.90 Å². The smallest absolute Gasteiger partial charge is 0.164 e. The zero-order chi connectivity index (χ0) is 20.8. The number of hydrogen-bond donors (Lipinski definition) is 0. The molecule has 0 N–H and O–H groups in total. The van der Waals surface area contributed by atoms with Crippen LogP contribution < -0.4 is 4.90 Å². The van der Waals surface area contributed by atoms with E-state index in [0.29, 0.717) is 21.5 Å². The van der Waals surface area contributed by atoms with Crippen molar-refractivity contribution in [2.45, 2.75) is 24.8 Å². The summed E-state index contributed by atoms with van der Waals surface area (Å²) in [5.74, 6) is 0.0390. The molecule has 0 radical (unpaired) electrons. The second-order valence-electron chi connectivity index (χ2n) is 7.12. The molecule has 2 aliphatic heterocycles. The number of rotatable bonds is 4. The second kappa shape index (κ2) is 7.74. The van der Waals surface area contributed by atoms with E-state index in [1.807, 2.05) is 11.0 Å². The molecule has 0 aliphatic carbocycles. The zero-order valence-electron chi connectivity index (χ0n) is 15.5. The standard InChI is InChI=1S/C20H18ClFN2O3S2/c1-12(25)13-3-2-4-16(7-13)24-19-11-29(26,27)10-18(19)23-20(24)28-9-14-5-6-15(22)8-17(14)21/h2-8,18-19H,9-11H2,1H3/t18-,19+/m0/s1. The van der Waals surface area contributed by atoms with Gasteiger partial charge in [-0.25, -0.2) is 12.8 Å². The molecule has 2 aromatic carbocycles. The van der Waals surface area contributed by atoms with Gasteiger partial charge in [-0.1, -0.05) is 41.6 Å². The topological polar surface area (TPSA) is 66.8 Å². The first-order chi connectivity index (χ1) is 13.7. The number of carbonyl (C=O) groups excluding carboxylic acids is 1. The van der Waals surface area contributed by atoms with Gasteiger partial charge >= 0.3 is 0 Å². The van der Waals surface area contributed by atoms with Crippen LogP contribution in [-0.2, 0) is 15.6 Å². The second-order valence-corrected chi connectivity index (χ2v) is 10.6. The maximum Gasteiger partial charge on any atom is 0.164 e. The number of aliphatic imine (C=N–C) groups is 1. The van der Waals surface area contributed by atoms with Gasteiger partial charge in [0.1, 0.15) is 5.82 Å². The fourth-order valence-electron chi connectivity index (χ4n) is 3.59.